The lowest BCUT2D eigenvalue weighted by atomic mass is 10.00. The highest BCUT2D eigenvalue weighted by atomic mass is 32.1. The maximum Gasteiger partial charge on any atom is 0.345 e. The molecule has 13 heavy (non-hydrogen) atoms. The summed E-state index contributed by atoms with van der Waals surface area (Å²) >= 11 is 4.96. The van der Waals surface area contributed by atoms with Crippen molar-refractivity contribution in [3.05, 3.63) is 34.4 Å². The first-order valence-corrected chi connectivity index (χ1v) is 4.39. The Morgan fingerprint density at radius 3 is 2.23 bits per heavy atom. The third-order valence-electron chi connectivity index (χ3n) is 2.22. The molecule has 1 aliphatic heterocycles. The molecule has 0 saturated carbocycles. The molecule has 0 amide bonds. The Morgan fingerprint density at radius 1 is 1.15 bits per heavy atom. The second-order valence-corrected chi connectivity index (χ2v) is 3.50. The Bertz CT molecular complexity index is 382. The van der Waals surface area contributed by atoms with Gasteiger partial charge in [0, 0.05) is 5.56 Å². The van der Waals surface area contributed by atoms with Crippen LogP contribution in [-0.4, -0.2) is 11.0 Å². The first-order chi connectivity index (χ1) is 6.11. The number of rotatable bonds is 0. The molecule has 1 aromatic carbocycles. The van der Waals surface area contributed by atoms with Crippen LogP contribution in [0.25, 0.3) is 0 Å². The molecule has 1 heterocycles. The summed E-state index contributed by atoms with van der Waals surface area (Å²) in [6.45, 7) is 3.81. The molecule has 2 rings (SSSR count). The zero-order valence-electron chi connectivity index (χ0n) is 7.38. The van der Waals surface area contributed by atoms with Crippen LogP contribution in [0.5, 0.6) is 0 Å². The summed E-state index contributed by atoms with van der Waals surface area (Å²) in [5.74, 6) is -0.318. The molecular formula is C10H8O2S. The van der Waals surface area contributed by atoms with Crippen molar-refractivity contribution in [2.24, 2.45) is 0 Å². The van der Waals surface area contributed by atoms with Crippen LogP contribution in [0.3, 0.4) is 0 Å². The van der Waals surface area contributed by atoms with Gasteiger partial charge in [0.15, 0.2) is 0 Å². The van der Waals surface area contributed by atoms with E-state index in [2.05, 4.69) is 0 Å². The predicted molar refractivity (Wildman–Crippen MR) is 53.0 cm³/mol. The van der Waals surface area contributed by atoms with Crippen LogP contribution in [0.2, 0.25) is 0 Å². The SMILES string of the molecule is Cc1ccc(C)c2c1C(=O)OC2=S. The number of ether oxygens (including phenoxy) is 1. The molecule has 2 nitrogen and oxygen atoms in total. The molecular weight excluding hydrogens is 184 g/mol. The summed E-state index contributed by atoms with van der Waals surface area (Å²) in [6.07, 6.45) is 0. The Morgan fingerprint density at radius 2 is 1.69 bits per heavy atom. The standard InChI is InChI=1S/C10H8O2S/c1-5-3-4-6(2)8-7(5)9(11)12-10(8)13/h3-4H,1-2H3. The Labute approximate surface area is 81.5 Å². The lowest BCUT2D eigenvalue weighted by Gasteiger charge is -2.01. The van der Waals surface area contributed by atoms with Crippen LogP contribution in [0.4, 0.5) is 0 Å². The van der Waals surface area contributed by atoms with Gasteiger partial charge in [-0.1, -0.05) is 12.1 Å². The summed E-state index contributed by atoms with van der Waals surface area (Å²) in [5, 5.41) is 0.307. The van der Waals surface area contributed by atoms with Gasteiger partial charge in [-0.05, 0) is 37.2 Å². The third kappa shape index (κ3) is 1.08. The minimum atomic E-state index is -0.318. The minimum Gasteiger partial charge on any atom is -0.410 e. The van der Waals surface area contributed by atoms with E-state index in [9.17, 15) is 4.79 Å². The van der Waals surface area contributed by atoms with Crippen LogP contribution in [0.15, 0.2) is 12.1 Å². The number of fused-ring (bicyclic) bond motifs is 1. The van der Waals surface area contributed by atoms with E-state index in [-0.39, 0.29) is 5.97 Å². The summed E-state index contributed by atoms with van der Waals surface area (Å²) in [7, 11) is 0. The molecule has 0 saturated heterocycles. The predicted octanol–water partition coefficient (Wildman–Crippen LogP) is 2.15. The zero-order chi connectivity index (χ0) is 9.59. The maximum absolute atomic E-state index is 11.3. The largest absolute Gasteiger partial charge is 0.410 e. The highest BCUT2D eigenvalue weighted by Gasteiger charge is 2.29. The molecule has 0 bridgehead atoms. The molecule has 3 heteroatoms. The summed E-state index contributed by atoms with van der Waals surface area (Å²) in [4.78, 5) is 11.3. The van der Waals surface area contributed by atoms with Gasteiger partial charge in [-0.2, -0.15) is 0 Å². The Balaban J connectivity index is 2.81. The van der Waals surface area contributed by atoms with Gasteiger partial charge in [0.25, 0.3) is 0 Å². The van der Waals surface area contributed by atoms with Crippen molar-refractivity contribution < 1.29 is 9.53 Å². The summed E-state index contributed by atoms with van der Waals surface area (Å²) in [5.41, 5.74) is 3.34. The van der Waals surface area contributed by atoms with Gasteiger partial charge in [0.2, 0.25) is 5.05 Å². The molecule has 0 N–H and O–H groups in total. The van der Waals surface area contributed by atoms with Crippen LogP contribution < -0.4 is 0 Å². The first kappa shape index (κ1) is 8.38. The zero-order valence-corrected chi connectivity index (χ0v) is 8.20. The van der Waals surface area contributed by atoms with E-state index in [1.165, 1.54) is 0 Å². The molecule has 0 aliphatic carbocycles. The number of hydrogen-bond acceptors (Lipinski definition) is 3. The van der Waals surface area contributed by atoms with E-state index < -0.39 is 0 Å². The second kappa shape index (κ2) is 2.64. The third-order valence-corrected chi connectivity index (χ3v) is 2.50. The number of carbonyl (C=O) groups is 1. The Kier molecular flexibility index (Phi) is 1.70. The lowest BCUT2D eigenvalue weighted by Crippen LogP contribution is -1.97. The average molecular weight is 192 g/mol. The van der Waals surface area contributed by atoms with E-state index in [1.54, 1.807) is 0 Å². The average Bonchev–Trinajstić information content (AvgIpc) is 2.36. The van der Waals surface area contributed by atoms with Crippen molar-refractivity contribution in [2.75, 3.05) is 0 Å². The minimum absolute atomic E-state index is 0.307. The lowest BCUT2D eigenvalue weighted by molar-refractivity contribution is 0.0741. The number of cyclic esters (lactones) is 1. The van der Waals surface area contributed by atoms with Gasteiger partial charge in [0.05, 0.1) is 5.56 Å². The van der Waals surface area contributed by atoms with Crippen LogP contribution in [-0.2, 0) is 4.74 Å². The maximum atomic E-state index is 11.3. The van der Waals surface area contributed by atoms with Gasteiger partial charge >= 0.3 is 5.97 Å². The van der Waals surface area contributed by atoms with Gasteiger partial charge in [-0.3, -0.25) is 0 Å². The monoisotopic (exact) mass is 192 g/mol. The highest BCUT2D eigenvalue weighted by Crippen LogP contribution is 2.26. The fourth-order valence-corrected chi connectivity index (χ4v) is 1.86. The van der Waals surface area contributed by atoms with Crippen molar-refractivity contribution in [1.29, 1.82) is 0 Å². The molecule has 0 spiro atoms. The van der Waals surface area contributed by atoms with Crippen molar-refractivity contribution in [2.45, 2.75) is 13.8 Å². The van der Waals surface area contributed by atoms with E-state index in [4.69, 9.17) is 17.0 Å². The van der Waals surface area contributed by atoms with E-state index in [0.29, 0.717) is 10.6 Å². The quantitative estimate of drug-likeness (QED) is 0.465. The Hall–Kier alpha value is -1.22. The van der Waals surface area contributed by atoms with Crippen molar-refractivity contribution in [3.63, 3.8) is 0 Å². The van der Waals surface area contributed by atoms with Crippen molar-refractivity contribution >= 4 is 23.2 Å². The topological polar surface area (TPSA) is 26.3 Å². The molecule has 1 aromatic rings. The van der Waals surface area contributed by atoms with E-state index in [0.717, 1.165) is 16.7 Å². The smallest absolute Gasteiger partial charge is 0.345 e. The fraction of sp³-hybridized carbons (Fsp3) is 0.200. The second-order valence-electron chi connectivity index (χ2n) is 3.13. The summed E-state index contributed by atoms with van der Waals surface area (Å²) in [6, 6.07) is 3.85. The molecule has 0 radical (unpaired) electrons. The van der Waals surface area contributed by atoms with Gasteiger partial charge in [0.1, 0.15) is 0 Å². The number of esters is 1. The first-order valence-electron chi connectivity index (χ1n) is 3.98. The van der Waals surface area contributed by atoms with Crippen molar-refractivity contribution in [3.8, 4) is 0 Å². The van der Waals surface area contributed by atoms with E-state index >= 15 is 0 Å². The number of thiocarbonyl (C=S) groups is 1. The van der Waals surface area contributed by atoms with Gasteiger partial charge in [-0.25, -0.2) is 4.79 Å². The fourth-order valence-electron chi connectivity index (χ4n) is 1.52. The van der Waals surface area contributed by atoms with Gasteiger partial charge < -0.3 is 4.74 Å². The highest BCUT2D eigenvalue weighted by molar-refractivity contribution is 7.80. The van der Waals surface area contributed by atoms with Crippen molar-refractivity contribution in [1.82, 2.24) is 0 Å². The molecule has 0 aromatic heterocycles. The molecule has 66 valence electrons. The normalized spacial score (nSPS) is 14.3. The molecule has 1 aliphatic rings. The number of carbonyl (C=O) groups excluding carboxylic acids is 1. The summed E-state index contributed by atoms with van der Waals surface area (Å²) < 4.78 is 4.89. The van der Waals surface area contributed by atoms with Crippen LogP contribution in [0, 0.1) is 13.8 Å². The van der Waals surface area contributed by atoms with Crippen LogP contribution in [0.1, 0.15) is 27.0 Å². The van der Waals surface area contributed by atoms with Gasteiger partial charge in [-0.15, -0.1) is 0 Å². The molecule has 0 unspecified atom stereocenters. The molecule has 0 fully saturated rings. The van der Waals surface area contributed by atoms with Crippen LogP contribution >= 0.6 is 12.2 Å². The number of hydrogen-bond donors (Lipinski definition) is 0. The number of aryl methyl sites for hydroxylation is 2. The molecule has 0 atom stereocenters. The van der Waals surface area contributed by atoms with E-state index in [1.807, 2.05) is 26.0 Å². The number of benzene rings is 1.